The number of hydrogen-bond acceptors (Lipinski definition) is 4. The zero-order chi connectivity index (χ0) is 18.3. The molecule has 26 heavy (non-hydrogen) atoms. The number of benzene rings is 1. The second-order valence-electron chi connectivity index (χ2n) is 6.93. The van der Waals surface area contributed by atoms with Crippen molar-refractivity contribution in [2.75, 3.05) is 19.7 Å². The van der Waals surface area contributed by atoms with Crippen LogP contribution in [0.2, 0.25) is 0 Å². The van der Waals surface area contributed by atoms with Crippen molar-refractivity contribution in [1.82, 2.24) is 8.87 Å². The van der Waals surface area contributed by atoms with E-state index in [1.165, 1.54) is 0 Å². The summed E-state index contributed by atoms with van der Waals surface area (Å²) in [4.78, 5) is 12.4. The summed E-state index contributed by atoms with van der Waals surface area (Å²) < 4.78 is 35.1. The molecular weight excluding hydrogens is 352 g/mol. The number of pyridine rings is 1. The summed E-state index contributed by atoms with van der Waals surface area (Å²) in [5, 5.41) is 0. The molecule has 2 aliphatic rings. The van der Waals surface area contributed by atoms with Crippen molar-refractivity contribution < 1.29 is 13.2 Å². The van der Waals surface area contributed by atoms with Crippen LogP contribution < -0.4 is 10.3 Å². The third-order valence-corrected chi connectivity index (χ3v) is 7.03. The monoisotopic (exact) mass is 374 g/mol. The molecule has 7 heteroatoms. The van der Waals surface area contributed by atoms with Crippen LogP contribution in [0.1, 0.15) is 25.0 Å². The lowest BCUT2D eigenvalue weighted by Gasteiger charge is -2.42. The molecule has 0 aliphatic carbocycles. The van der Waals surface area contributed by atoms with Crippen LogP contribution in [0, 0.1) is 5.92 Å². The molecule has 0 spiro atoms. The number of rotatable bonds is 4. The molecule has 2 bridgehead atoms. The molecule has 0 amide bonds. The van der Waals surface area contributed by atoms with E-state index in [4.69, 9.17) is 4.74 Å². The number of nitrogens with zero attached hydrogens (tertiary/aromatic N) is 2. The topological polar surface area (TPSA) is 68.6 Å². The lowest BCUT2D eigenvalue weighted by atomic mass is 9.84. The SMILES string of the molecule is CCOc1cccc(S(=O)(=O)N2CC3CC(C2)c2cccc(=O)n2C3)c1. The smallest absolute Gasteiger partial charge is 0.250 e. The number of ether oxygens (including phenoxy) is 1. The van der Waals surface area contributed by atoms with Gasteiger partial charge in [-0.05, 0) is 37.5 Å². The average Bonchev–Trinajstić information content (AvgIpc) is 2.63. The first-order valence-electron chi connectivity index (χ1n) is 8.92. The van der Waals surface area contributed by atoms with Gasteiger partial charge in [0.05, 0.1) is 11.5 Å². The van der Waals surface area contributed by atoms with Crippen molar-refractivity contribution in [3.63, 3.8) is 0 Å². The van der Waals surface area contributed by atoms with Gasteiger partial charge >= 0.3 is 0 Å². The van der Waals surface area contributed by atoms with E-state index in [0.717, 1.165) is 12.1 Å². The molecule has 3 heterocycles. The lowest BCUT2D eigenvalue weighted by Crippen LogP contribution is -2.48. The van der Waals surface area contributed by atoms with Gasteiger partial charge in [0.15, 0.2) is 0 Å². The molecule has 2 unspecified atom stereocenters. The molecule has 4 rings (SSSR count). The van der Waals surface area contributed by atoms with Crippen LogP contribution in [0.25, 0.3) is 0 Å². The van der Waals surface area contributed by atoms with Crippen molar-refractivity contribution >= 4 is 10.0 Å². The second-order valence-corrected chi connectivity index (χ2v) is 8.87. The van der Waals surface area contributed by atoms with E-state index in [-0.39, 0.29) is 22.3 Å². The third-order valence-electron chi connectivity index (χ3n) is 5.20. The minimum Gasteiger partial charge on any atom is -0.494 e. The fourth-order valence-corrected chi connectivity index (χ4v) is 5.69. The Morgan fingerprint density at radius 3 is 2.73 bits per heavy atom. The van der Waals surface area contributed by atoms with Gasteiger partial charge in [-0.2, -0.15) is 4.31 Å². The quantitative estimate of drug-likeness (QED) is 0.821. The van der Waals surface area contributed by atoms with Crippen LogP contribution in [-0.4, -0.2) is 37.0 Å². The third kappa shape index (κ3) is 2.95. The predicted octanol–water partition coefficient (Wildman–Crippen LogP) is 2.05. The Balaban J connectivity index is 1.66. The first-order valence-corrected chi connectivity index (χ1v) is 10.4. The van der Waals surface area contributed by atoms with Crippen LogP contribution in [0.15, 0.2) is 52.2 Å². The van der Waals surface area contributed by atoms with E-state index >= 15 is 0 Å². The molecule has 0 radical (unpaired) electrons. The van der Waals surface area contributed by atoms with Gasteiger partial charge in [0.1, 0.15) is 5.75 Å². The summed E-state index contributed by atoms with van der Waals surface area (Å²) in [6.07, 6.45) is 0.925. The minimum atomic E-state index is -3.59. The Bertz CT molecular complexity index is 983. The largest absolute Gasteiger partial charge is 0.494 e. The second kappa shape index (κ2) is 6.55. The van der Waals surface area contributed by atoms with Crippen molar-refractivity contribution in [2.24, 2.45) is 5.92 Å². The van der Waals surface area contributed by atoms with E-state index in [2.05, 4.69) is 0 Å². The van der Waals surface area contributed by atoms with Crippen molar-refractivity contribution in [2.45, 2.75) is 30.7 Å². The Morgan fingerprint density at radius 2 is 1.92 bits per heavy atom. The molecule has 0 N–H and O–H groups in total. The molecule has 1 aromatic heterocycles. The molecule has 1 saturated heterocycles. The van der Waals surface area contributed by atoms with Gasteiger partial charge in [-0.25, -0.2) is 8.42 Å². The fourth-order valence-electron chi connectivity index (χ4n) is 4.09. The standard InChI is InChI=1S/C19H22N2O4S/c1-2-25-16-5-3-6-17(10-16)26(23,24)20-11-14-9-15(13-20)18-7-4-8-19(22)21(18)12-14/h3-8,10,14-15H,2,9,11-13H2,1H3. The molecule has 1 aromatic carbocycles. The van der Waals surface area contributed by atoms with E-state index in [9.17, 15) is 13.2 Å². The Labute approximate surface area is 153 Å². The summed E-state index contributed by atoms with van der Waals surface area (Å²) in [5.74, 6) is 0.773. The molecule has 1 fully saturated rings. The molecule has 6 nitrogen and oxygen atoms in total. The maximum atomic E-state index is 13.2. The van der Waals surface area contributed by atoms with Crippen LogP contribution in [-0.2, 0) is 16.6 Å². The van der Waals surface area contributed by atoms with Crippen LogP contribution >= 0.6 is 0 Å². The van der Waals surface area contributed by atoms with Crippen LogP contribution in [0.4, 0.5) is 0 Å². The van der Waals surface area contributed by atoms with Gasteiger partial charge in [-0.15, -0.1) is 0 Å². The van der Waals surface area contributed by atoms with Crippen molar-refractivity contribution in [3.8, 4) is 5.75 Å². The van der Waals surface area contributed by atoms with Gasteiger partial charge < -0.3 is 9.30 Å². The number of sulfonamides is 1. The van der Waals surface area contributed by atoms with Gasteiger partial charge in [0, 0.05) is 43.4 Å². The maximum absolute atomic E-state index is 13.2. The van der Waals surface area contributed by atoms with Gasteiger partial charge in [-0.3, -0.25) is 4.79 Å². The van der Waals surface area contributed by atoms with E-state index in [1.807, 2.05) is 13.0 Å². The predicted molar refractivity (Wildman–Crippen MR) is 97.9 cm³/mol. The Hall–Kier alpha value is -2.12. The first kappa shape index (κ1) is 17.3. The van der Waals surface area contributed by atoms with Gasteiger partial charge in [0.25, 0.3) is 5.56 Å². The number of fused-ring (bicyclic) bond motifs is 4. The van der Waals surface area contributed by atoms with E-state index < -0.39 is 10.0 Å². The van der Waals surface area contributed by atoms with E-state index in [1.54, 1.807) is 45.3 Å². The van der Waals surface area contributed by atoms with Crippen LogP contribution in [0.5, 0.6) is 5.75 Å². The summed E-state index contributed by atoms with van der Waals surface area (Å²) in [6.45, 7) is 3.78. The zero-order valence-corrected chi connectivity index (χ0v) is 15.5. The maximum Gasteiger partial charge on any atom is 0.250 e. The number of aromatic nitrogens is 1. The summed E-state index contributed by atoms with van der Waals surface area (Å²) in [7, 11) is -3.59. The molecule has 0 saturated carbocycles. The summed E-state index contributed by atoms with van der Waals surface area (Å²) in [6, 6.07) is 11.9. The summed E-state index contributed by atoms with van der Waals surface area (Å²) >= 11 is 0. The Morgan fingerprint density at radius 1 is 1.12 bits per heavy atom. The first-order chi connectivity index (χ1) is 12.5. The highest BCUT2D eigenvalue weighted by Gasteiger charge is 2.39. The molecule has 2 aromatic rings. The highest BCUT2D eigenvalue weighted by atomic mass is 32.2. The highest BCUT2D eigenvalue weighted by Crippen LogP contribution is 2.37. The Kier molecular flexibility index (Phi) is 4.36. The van der Waals surface area contributed by atoms with Crippen LogP contribution in [0.3, 0.4) is 0 Å². The summed E-state index contributed by atoms with van der Waals surface area (Å²) in [5.41, 5.74) is 0.939. The molecule has 2 aliphatic heterocycles. The minimum absolute atomic E-state index is 0.00192. The lowest BCUT2D eigenvalue weighted by molar-refractivity contribution is 0.186. The average molecular weight is 374 g/mol. The highest BCUT2D eigenvalue weighted by molar-refractivity contribution is 7.89. The van der Waals surface area contributed by atoms with Crippen molar-refractivity contribution in [1.29, 1.82) is 0 Å². The normalized spacial score (nSPS) is 22.7. The number of piperidine rings is 1. The molecular formula is C19H22N2O4S. The van der Waals surface area contributed by atoms with Gasteiger partial charge in [-0.1, -0.05) is 12.1 Å². The molecule has 138 valence electrons. The van der Waals surface area contributed by atoms with E-state index in [0.29, 0.717) is 32.0 Å². The fraction of sp³-hybridized carbons (Fsp3) is 0.421. The van der Waals surface area contributed by atoms with Gasteiger partial charge in [0.2, 0.25) is 10.0 Å². The molecule has 2 atom stereocenters. The van der Waals surface area contributed by atoms with Crippen molar-refractivity contribution in [3.05, 3.63) is 58.5 Å². The zero-order valence-electron chi connectivity index (χ0n) is 14.7. The number of hydrogen-bond donors (Lipinski definition) is 0.